The van der Waals surface area contributed by atoms with Crippen molar-refractivity contribution in [3.05, 3.63) is 58.8 Å². The molecular formula is C19H16FN5O4S. The zero-order chi connectivity index (χ0) is 21.6. The molecule has 9 nitrogen and oxygen atoms in total. The Hall–Kier alpha value is -3.73. The summed E-state index contributed by atoms with van der Waals surface area (Å²) in [6.07, 6.45) is 1.02. The topological polar surface area (TPSA) is 133 Å². The van der Waals surface area contributed by atoms with Crippen LogP contribution in [-0.2, 0) is 16.9 Å². The van der Waals surface area contributed by atoms with Gasteiger partial charge in [0, 0.05) is 30.6 Å². The van der Waals surface area contributed by atoms with Crippen LogP contribution in [0.5, 0.6) is 0 Å². The average Bonchev–Trinajstić information content (AvgIpc) is 2.97. The molecule has 4 aromatic rings. The van der Waals surface area contributed by atoms with Crippen LogP contribution in [0.2, 0.25) is 0 Å². The van der Waals surface area contributed by atoms with Gasteiger partial charge < -0.3 is 15.5 Å². The van der Waals surface area contributed by atoms with E-state index in [1.807, 2.05) is 0 Å². The number of oxazole rings is 1. The molecule has 30 heavy (non-hydrogen) atoms. The number of rotatable bonds is 4. The lowest BCUT2D eigenvalue weighted by Crippen LogP contribution is -2.08. The number of nitrogens with one attached hydrogen (secondary N) is 1. The third-order valence-corrected chi connectivity index (χ3v) is 5.62. The van der Waals surface area contributed by atoms with Gasteiger partial charge in [0.05, 0.1) is 10.4 Å². The van der Waals surface area contributed by atoms with E-state index in [4.69, 9.17) is 10.2 Å². The number of hydrogen-bond acceptors (Lipinski definition) is 8. The van der Waals surface area contributed by atoms with E-state index in [0.717, 1.165) is 6.26 Å². The SMILES string of the molecule is Cn1c(=O)oc2cc(Nc3nc(N)nc(-c4ccccc4S(C)(=O)=O)c3F)ccc21. The quantitative estimate of drug-likeness (QED) is 0.505. The van der Waals surface area contributed by atoms with Crippen LogP contribution >= 0.6 is 0 Å². The van der Waals surface area contributed by atoms with Gasteiger partial charge in [0.1, 0.15) is 5.69 Å². The smallest absolute Gasteiger partial charge is 0.408 e. The predicted octanol–water partition coefficient (Wildman–Crippen LogP) is 2.46. The van der Waals surface area contributed by atoms with E-state index in [0.29, 0.717) is 16.8 Å². The molecule has 2 aromatic heterocycles. The van der Waals surface area contributed by atoms with Crippen molar-refractivity contribution >= 4 is 38.4 Å². The number of aromatic nitrogens is 3. The first-order valence-corrected chi connectivity index (χ1v) is 10.5. The van der Waals surface area contributed by atoms with Crippen LogP contribution in [0.25, 0.3) is 22.4 Å². The number of benzene rings is 2. The first kappa shape index (κ1) is 19.6. The van der Waals surface area contributed by atoms with E-state index >= 15 is 4.39 Å². The number of sulfone groups is 1. The van der Waals surface area contributed by atoms with E-state index < -0.39 is 21.4 Å². The van der Waals surface area contributed by atoms with Gasteiger partial charge in [0.25, 0.3) is 0 Å². The summed E-state index contributed by atoms with van der Waals surface area (Å²) < 4.78 is 45.9. The molecule has 154 valence electrons. The molecule has 0 atom stereocenters. The van der Waals surface area contributed by atoms with Crippen molar-refractivity contribution in [2.24, 2.45) is 7.05 Å². The molecule has 0 aliphatic carbocycles. The van der Waals surface area contributed by atoms with E-state index in [2.05, 4.69) is 15.3 Å². The number of fused-ring (bicyclic) bond motifs is 1. The average molecular weight is 429 g/mol. The van der Waals surface area contributed by atoms with Crippen LogP contribution in [0.15, 0.2) is 56.6 Å². The highest BCUT2D eigenvalue weighted by atomic mass is 32.2. The minimum absolute atomic E-state index is 0.0687. The number of nitrogens with zero attached hydrogens (tertiary/aromatic N) is 3. The second kappa shape index (κ2) is 6.95. The molecule has 0 unspecified atom stereocenters. The maximum absolute atomic E-state index is 15.3. The second-order valence-corrected chi connectivity index (χ2v) is 8.58. The van der Waals surface area contributed by atoms with E-state index in [1.165, 1.54) is 28.8 Å². The Morgan fingerprint density at radius 3 is 2.63 bits per heavy atom. The van der Waals surface area contributed by atoms with Crippen LogP contribution in [0.4, 0.5) is 21.8 Å². The Kier molecular flexibility index (Phi) is 4.54. The summed E-state index contributed by atoms with van der Waals surface area (Å²) >= 11 is 0. The number of nitrogen functional groups attached to an aromatic ring is 1. The van der Waals surface area contributed by atoms with Crippen molar-refractivity contribution in [2.45, 2.75) is 4.90 Å². The highest BCUT2D eigenvalue weighted by Gasteiger charge is 2.21. The molecule has 11 heteroatoms. The van der Waals surface area contributed by atoms with Crippen LogP contribution in [0.3, 0.4) is 0 Å². The molecule has 0 bridgehead atoms. The number of nitrogens with two attached hydrogens (primary N) is 1. The summed E-state index contributed by atoms with van der Waals surface area (Å²) in [6.45, 7) is 0. The van der Waals surface area contributed by atoms with Crippen molar-refractivity contribution in [3.8, 4) is 11.3 Å². The zero-order valence-corrected chi connectivity index (χ0v) is 16.7. The van der Waals surface area contributed by atoms with Crippen LogP contribution in [0.1, 0.15) is 0 Å². The maximum Gasteiger partial charge on any atom is 0.419 e. The van der Waals surface area contributed by atoms with E-state index in [1.54, 1.807) is 25.2 Å². The fourth-order valence-electron chi connectivity index (χ4n) is 3.06. The summed E-state index contributed by atoms with van der Waals surface area (Å²) in [6, 6.07) is 10.7. The van der Waals surface area contributed by atoms with Gasteiger partial charge in [-0.15, -0.1) is 0 Å². The molecule has 4 rings (SSSR count). The standard InChI is InChI=1S/C19H16FN5O4S/c1-25-12-8-7-10(9-13(12)29-19(25)26)22-17-15(20)16(23-18(21)24-17)11-5-3-4-6-14(11)30(2,27)28/h3-9H,1-2H3,(H3,21,22,23,24). The highest BCUT2D eigenvalue weighted by molar-refractivity contribution is 7.90. The van der Waals surface area contributed by atoms with Crippen molar-refractivity contribution in [1.29, 1.82) is 0 Å². The normalized spacial score (nSPS) is 11.7. The number of aryl methyl sites for hydroxylation is 1. The number of anilines is 3. The minimum atomic E-state index is -3.64. The van der Waals surface area contributed by atoms with Crippen molar-refractivity contribution in [1.82, 2.24) is 14.5 Å². The van der Waals surface area contributed by atoms with Gasteiger partial charge in [-0.25, -0.2) is 22.6 Å². The number of halogens is 1. The van der Waals surface area contributed by atoms with Crippen molar-refractivity contribution < 1.29 is 17.2 Å². The largest absolute Gasteiger partial charge is 0.419 e. The van der Waals surface area contributed by atoms with Crippen LogP contribution < -0.4 is 16.8 Å². The van der Waals surface area contributed by atoms with Gasteiger partial charge in [-0.1, -0.05) is 18.2 Å². The van der Waals surface area contributed by atoms with E-state index in [9.17, 15) is 13.2 Å². The summed E-state index contributed by atoms with van der Waals surface area (Å²) in [5, 5.41) is 2.78. The van der Waals surface area contributed by atoms with Gasteiger partial charge in [0.15, 0.2) is 27.1 Å². The second-order valence-electron chi connectivity index (χ2n) is 6.60. The molecule has 3 N–H and O–H groups in total. The molecule has 0 aliphatic rings. The van der Waals surface area contributed by atoms with Gasteiger partial charge in [-0.2, -0.15) is 4.98 Å². The zero-order valence-electron chi connectivity index (χ0n) is 15.9. The lowest BCUT2D eigenvalue weighted by atomic mass is 10.1. The monoisotopic (exact) mass is 429 g/mol. The van der Waals surface area contributed by atoms with Gasteiger partial charge in [-0.3, -0.25) is 4.57 Å². The third-order valence-electron chi connectivity index (χ3n) is 4.47. The first-order chi connectivity index (χ1) is 14.1. The molecule has 0 aliphatic heterocycles. The Bertz CT molecular complexity index is 1460. The maximum atomic E-state index is 15.3. The first-order valence-electron chi connectivity index (χ1n) is 8.64. The Morgan fingerprint density at radius 1 is 1.17 bits per heavy atom. The predicted molar refractivity (Wildman–Crippen MR) is 110 cm³/mol. The van der Waals surface area contributed by atoms with Gasteiger partial charge in [-0.05, 0) is 18.2 Å². The van der Waals surface area contributed by atoms with E-state index in [-0.39, 0.29) is 27.9 Å². The molecule has 0 radical (unpaired) electrons. The lowest BCUT2D eigenvalue weighted by Gasteiger charge is -2.12. The van der Waals surface area contributed by atoms with Crippen LogP contribution in [0, 0.1) is 5.82 Å². The number of hydrogen-bond donors (Lipinski definition) is 2. The minimum Gasteiger partial charge on any atom is -0.408 e. The molecule has 0 saturated heterocycles. The summed E-state index contributed by atoms with van der Waals surface area (Å²) in [4.78, 5) is 19.4. The van der Waals surface area contributed by atoms with Crippen molar-refractivity contribution in [2.75, 3.05) is 17.3 Å². The molecular weight excluding hydrogens is 413 g/mol. The summed E-state index contributed by atoms with van der Waals surface area (Å²) in [5.41, 5.74) is 6.82. The lowest BCUT2D eigenvalue weighted by molar-refractivity contribution is 0.528. The van der Waals surface area contributed by atoms with Crippen molar-refractivity contribution in [3.63, 3.8) is 0 Å². The highest BCUT2D eigenvalue weighted by Crippen LogP contribution is 2.32. The molecule has 2 aromatic carbocycles. The van der Waals surface area contributed by atoms with Gasteiger partial charge in [0.2, 0.25) is 5.95 Å². The molecule has 0 saturated carbocycles. The fourth-order valence-corrected chi connectivity index (χ4v) is 3.95. The molecule has 0 amide bonds. The van der Waals surface area contributed by atoms with Gasteiger partial charge >= 0.3 is 5.76 Å². The Labute approximate surface area is 169 Å². The summed E-state index contributed by atoms with van der Waals surface area (Å²) in [7, 11) is -2.07. The van der Waals surface area contributed by atoms with Crippen LogP contribution in [-0.4, -0.2) is 29.2 Å². The molecule has 0 fully saturated rings. The molecule has 2 heterocycles. The Balaban J connectivity index is 1.83. The third kappa shape index (κ3) is 3.39. The molecule has 0 spiro atoms. The summed E-state index contributed by atoms with van der Waals surface area (Å²) in [5.74, 6) is -1.91. The Morgan fingerprint density at radius 2 is 1.90 bits per heavy atom. The fraction of sp³-hybridized carbons (Fsp3) is 0.105.